The number of carbonyl (C=O) groups is 1. The van der Waals surface area contributed by atoms with E-state index in [0.717, 1.165) is 17.1 Å². The van der Waals surface area contributed by atoms with Gasteiger partial charge in [-0.15, -0.1) is 0 Å². The van der Waals surface area contributed by atoms with Crippen LogP contribution in [0.4, 0.5) is 0 Å². The fourth-order valence-corrected chi connectivity index (χ4v) is 3.09. The van der Waals surface area contributed by atoms with Crippen molar-refractivity contribution in [2.24, 2.45) is 5.92 Å². The highest BCUT2D eigenvalue weighted by molar-refractivity contribution is 6.30. The summed E-state index contributed by atoms with van der Waals surface area (Å²) >= 11 is 6.03. The first-order valence-electron chi connectivity index (χ1n) is 7.93. The fraction of sp³-hybridized carbons (Fsp3) is 0.389. The number of benzene rings is 1. The number of ether oxygens (including phenoxy) is 1. The molecule has 2 aromatic rings. The SMILES string of the molecule is CN(C)[C@H](CNC(=O)[C@@H]1COc2ccc(Cl)cc2C1)c1ccco1. The van der Waals surface area contributed by atoms with Crippen molar-refractivity contribution in [3.63, 3.8) is 0 Å². The predicted octanol–water partition coefficient (Wildman–Crippen LogP) is 2.90. The number of carbonyl (C=O) groups excluding carboxylic acids is 1. The van der Waals surface area contributed by atoms with E-state index in [9.17, 15) is 4.79 Å². The first-order chi connectivity index (χ1) is 11.5. The second kappa shape index (κ2) is 7.28. The number of nitrogens with zero attached hydrogens (tertiary/aromatic N) is 1. The van der Waals surface area contributed by atoms with Gasteiger partial charge in [-0.3, -0.25) is 9.69 Å². The zero-order valence-electron chi connectivity index (χ0n) is 13.8. The van der Waals surface area contributed by atoms with E-state index < -0.39 is 0 Å². The summed E-state index contributed by atoms with van der Waals surface area (Å²) in [5.41, 5.74) is 0.976. The van der Waals surface area contributed by atoms with Gasteiger partial charge in [0.1, 0.15) is 18.1 Å². The van der Waals surface area contributed by atoms with Gasteiger partial charge in [0.05, 0.1) is 18.2 Å². The van der Waals surface area contributed by atoms with Crippen molar-refractivity contribution in [1.82, 2.24) is 10.2 Å². The van der Waals surface area contributed by atoms with Crippen molar-refractivity contribution >= 4 is 17.5 Å². The van der Waals surface area contributed by atoms with Gasteiger partial charge in [-0.2, -0.15) is 0 Å². The molecular formula is C18H21ClN2O3. The van der Waals surface area contributed by atoms with Crippen LogP contribution in [-0.2, 0) is 11.2 Å². The zero-order valence-corrected chi connectivity index (χ0v) is 14.5. The minimum atomic E-state index is -0.213. The third-order valence-corrected chi connectivity index (χ3v) is 4.50. The Labute approximate surface area is 146 Å². The lowest BCUT2D eigenvalue weighted by Gasteiger charge is -2.27. The number of hydrogen-bond donors (Lipinski definition) is 1. The van der Waals surface area contributed by atoms with Crippen LogP contribution in [-0.4, -0.2) is 38.1 Å². The maximum atomic E-state index is 12.5. The molecule has 1 N–H and O–H groups in total. The normalized spacial score (nSPS) is 17.9. The highest BCUT2D eigenvalue weighted by Crippen LogP contribution is 2.30. The molecule has 1 aliphatic heterocycles. The number of rotatable bonds is 5. The molecule has 128 valence electrons. The zero-order chi connectivity index (χ0) is 17.1. The molecule has 2 heterocycles. The second-order valence-electron chi connectivity index (χ2n) is 6.20. The molecule has 1 aromatic carbocycles. The Morgan fingerprint density at radius 2 is 2.25 bits per heavy atom. The average Bonchev–Trinajstić information content (AvgIpc) is 3.08. The molecule has 0 fully saturated rings. The van der Waals surface area contributed by atoms with Crippen molar-refractivity contribution in [3.05, 3.63) is 52.9 Å². The topological polar surface area (TPSA) is 54.7 Å². The van der Waals surface area contributed by atoms with E-state index in [4.69, 9.17) is 20.8 Å². The van der Waals surface area contributed by atoms with Crippen LogP contribution in [0.1, 0.15) is 17.4 Å². The average molecular weight is 349 g/mol. The molecule has 24 heavy (non-hydrogen) atoms. The van der Waals surface area contributed by atoms with Crippen LogP contribution in [0.25, 0.3) is 0 Å². The van der Waals surface area contributed by atoms with E-state index >= 15 is 0 Å². The van der Waals surface area contributed by atoms with Crippen LogP contribution in [0.2, 0.25) is 5.02 Å². The standard InChI is InChI=1S/C18H21ClN2O3/c1-21(2)15(17-4-3-7-23-17)10-20-18(22)13-8-12-9-14(19)5-6-16(12)24-11-13/h3-7,9,13,15H,8,10-11H2,1-2H3,(H,20,22)/t13-,15+/m0/s1. The Hall–Kier alpha value is -1.98. The Balaban J connectivity index is 1.61. The van der Waals surface area contributed by atoms with E-state index in [1.54, 1.807) is 12.3 Å². The summed E-state index contributed by atoms with van der Waals surface area (Å²) in [6.07, 6.45) is 2.28. The number of furan rings is 1. The van der Waals surface area contributed by atoms with Crippen LogP contribution in [0.5, 0.6) is 5.75 Å². The van der Waals surface area contributed by atoms with Gasteiger partial charge < -0.3 is 14.5 Å². The summed E-state index contributed by atoms with van der Waals surface area (Å²) < 4.78 is 11.2. The smallest absolute Gasteiger partial charge is 0.226 e. The largest absolute Gasteiger partial charge is 0.492 e. The Morgan fingerprint density at radius 3 is 2.96 bits per heavy atom. The molecule has 1 aromatic heterocycles. The highest BCUT2D eigenvalue weighted by atomic mass is 35.5. The van der Waals surface area contributed by atoms with Crippen LogP contribution in [0.15, 0.2) is 41.0 Å². The molecule has 3 rings (SSSR count). The lowest BCUT2D eigenvalue weighted by atomic mass is 9.96. The van der Waals surface area contributed by atoms with E-state index in [1.165, 1.54) is 0 Å². The summed E-state index contributed by atoms with van der Waals surface area (Å²) in [7, 11) is 3.92. The Kier molecular flexibility index (Phi) is 5.11. The van der Waals surface area contributed by atoms with Crippen LogP contribution in [0, 0.1) is 5.92 Å². The number of likely N-dealkylation sites (N-methyl/N-ethyl adjacent to an activating group) is 1. The van der Waals surface area contributed by atoms with Crippen LogP contribution < -0.4 is 10.1 Å². The van der Waals surface area contributed by atoms with Gasteiger partial charge in [-0.1, -0.05) is 11.6 Å². The summed E-state index contributed by atoms with van der Waals surface area (Å²) in [6.45, 7) is 0.867. The van der Waals surface area contributed by atoms with Gasteiger partial charge in [0.15, 0.2) is 0 Å². The summed E-state index contributed by atoms with van der Waals surface area (Å²) in [6, 6.07) is 9.27. The molecule has 0 saturated heterocycles. The molecule has 0 aliphatic carbocycles. The van der Waals surface area contributed by atoms with Gasteiger partial charge in [0, 0.05) is 11.6 Å². The van der Waals surface area contributed by atoms with Crippen LogP contribution in [0.3, 0.4) is 0 Å². The maximum Gasteiger partial charge on any atom is 0.226 e. The summed E-state index contributed by atoms with van der Waals surface area (Å²) in [4.78, 5) is 14.5. The Morgan fingerprint density at radius 1 is 1.42 bits per heavy atom. The molecule has 1 amide bonds. The van der Waals surface area contributed by atoms with Crippen molar-refractivity contribution in [2.75, 3.05) is 27.2 Å². The summed E-state index contributed by atoms with van der Waals surface area (Å²) in [5.74, 6) is 1.41. The quantitative estimate of drug-likeness (QED) is 0.902. The molecule has 5 nitrogen and oxygen atoms in total. The third kappa shape index (κ3) is 3.74. The fourth-order valence-electron chi connectivity index (χ4n) is 2.89. The number of fused-ring (bicyclic) bond motifs is 1. The van der Waals surface area contributed by atoms with E-state index in [2.05, 4.69) is 5.32 Å². The third-order valence-electron chi connectivity index (χ3n) is 4.26. The minimum absolute atomic E-state index is 0.00445. The summed E-state index contributed by atoms with van der Waals surface area (Å²) in [5, 5.41) is 3.67. The molecule has 0 radical (unpaired) electrons. The second-order valence-corrected chi connectivity index (χ2v) is 6.64. The van der Waals surface area contributed by atoms with E-state index in [-0.39, 0.29) is 17.9 Å². The molecule has 0 spiro atoms. The molecular weight excluding hydrogens is 328 g/mol. The molecule has 1 aliphatic rings. The predicted molar refractivity (Wildman–Crippen MR) is 92.3 cm³/mol. The van der Waals surface area contributed by atoms with Gasteiger partial charge in [-0.05, 0) is 56.4 Å². The highest BCUT2D eigenvalue weighted by Gasteiger charge is 2.27. The van der Waals surface area contributed by atoms with Crippen molar-refractivity contribution in [1.29, 1.82) is 0 Å². The molecule has 0 saturated carbocycles. The first-order valence-corrected chi connectivity index (χ1v) is 8.31. The number of amides is 1. The monoisotopic (exact) mass is 348 g/mol. The van der Waals surface area contributed by atoms with Crippen molar-refractivity contribution in [2.45, 2.75) is 12.5 Å². The van der Waals surface area contributed by atoms with E-state index in [1.807, 2.05) is 43.3 Å². The van der Waals surface area contributed by atoms with Crippen molar-refractivity contribution in [3.8, 4) is 5.75 Å². The molecule has 0 unspecified atom stereocenters. The lowest BCUT2D eigenvalue weighted by Crippen LogP contribution is -2.41. The first kappa shape index (κ1) is 16.9. The minimum Gasteiger partial charge on any atom is -0.492 e. The van der Waals surface area contributed by atoms with Gasteiger partial charge >= 0.3 is 0 Å². The Bertz CT molecular complexity index is 700. The maximum absolute atomic E-state index is 12.5. The number of hydrogen-bond acceptors (Lipinski definition) is 4. The van der Waals surface area contributed by atoms with Crippen molar-refractivity contribution < 1.29 is 13.9 Å². The molecule has 0 bridgehead atoms. The van der Waals surface area contributed by atoms with Crippen LogP contribution >= 0.6 is 11.6 Å². The number of nitrogens with one attached hydrogen (secondary N) is 1. The van der Waals surface area contributed by atoms with Gasteiger partial charge in [0.2, 0.25) is 5.91 Å². The number of halogens is 1. The van der Waals surface area contributed by atoms with Gasteiger partial charge in [-0.25, -0.2) is 0 Å². The van der Waals surface area contributed by atoms with E-state index in [0.29, 0.717) is 24.6 Å². The molecule has 2 atom stereocenters. The molecule has 6 heteroatoms. The lowest BCUT2D eigenvalue weighted by molar-refractivity contribution is -0.126. The van der Waals surface area contributed by atoms with Gasteiger partial charge in [0.25, 0.3) is 0 Å².